The summed E-state index contributed by atoms with van der Waals surface area (Å²) in [4.78, 5) is 25.5. The van der Waals surface area contributed by atoms with Crippen LogP contribution in [0.15, 0.2) is 24.3 Å². The van der Waals surface area contributed by atoms with Crippen molar-refractivity contribution in [3.8, 4) is 0 Å². The average Bonchev–Trinajstić information content (AvgIpc) is 3.26. The van der Waals surface area contributed by atoms with Crippen molar-refractivity contribution in [1.29, 1.82) is 0 Å². The lowest BCUT2D eigenvalue weighted by Crippen LogP contribution is -2.46. The lowest BCUT2D eigenvalue weighted by molar-refractivity contribution is -0.870. The van der Waals surface area contributed by atoms with Gasteiger partial charge in [0.1, 0.15) is 13.2 Å². The van der Waals surface area contributed by atoms with Gasteiger partial charge < -0.3 is 28.8 Å². The number of rotatable bonds is 52. The standard InChI is InChI=1S/C56H111N2O6P/c1-6-8-10-12-14-16-18-20-22-24-26-27-28-29-30-31-32-33-35-37-39-41-43-45-47-49-55(59)54(53-64-65(61,62)63-52-51-58(3,4)5)57-56(60)50-48-46-44-42-40-38-36-34-25-23-21-19-17-15-13-11-9-7-2/h17,19,23,25,54-55,59H,6-16,18,20-22,24,26-53H2,1-5H3,(H-,57,60,61,62)/b19-17-,25-23-. The molecule has 0 radical (unpaired) electrons. The number of nitrogens with one attached hydrogen (secondary N) is 1. The minimum absolute atomic E-state index is 0.0116. The fourth-order valence-electron chi connectivity index (χ4n) is 8.48. The molecule has 386 valence electrons. The third-order valence-electron chi connectivity index (χ3n) is 12.9. The normalized spacial score (nSPS) is 14.1. The Morgan fingerprint density at radius 1 is 0.538 bits per heavy atom. The van der Waals surface area contributed by atoms with Crippen molar-refractivity contribution in [1.82, 2.24) is 5.32 Å². The summed E-state index contributed by atoms with van der Waals surface area (Å²) in [6, 6.07) is -0.804. The number of aliphatic hydroxyl groups excluding tert-OH is 1. The van der Waals surface area contributed by atoms with Crippen molar-refractivity contribution in [2.75, 3.05) is 40.9 Å². The van der Waals surface area contributed by atoms with Crippen LogP contribution < -0.4 is 10.2 Å². The van der Waals surface area contributed by atoms with E-state index in [1.54, 1.807) is 0 Å². The number of carbonyl (C=O) groups is 1. The Bertz CT molecular complexity index is 1110. The highest BCUT2D eigenvalue weighted by atomic mass is 31.2. The monoisotopic (exact) mass is 939 g/mol. The van der Waals surface area contributed by atoms with Gasteiger partial charge in [-0.05, 0) is 44.9 Å². The third-order valence-corrected chi connectivity index (χ3v) is 13.9. The highest BCUT2D eigenvalue weighted by Gasteiger charge is 2.24. The Kier molecular flexibility index (Phi) is 47.3. The topological polar surface area (TPSA) is 108 Å². The fraction of sp³-hybridized carbons (Fsp3) is 0.911. The van der Waals surface area contributed by atoms with E-state index in [4.69, 9.17) is 9.05 Å². The number of phosphoric acid groups is 1. The summed E-state index contributed by atoms with van der Waals surface area (Å²) < 4.78 is 23.4. The molecule has 8 nitrogen and oxygen atoms in total. The molecule has 0 spiro atoms. The predicted octanol–water partition coefficient (Wildman–Crippen LogP) is 16.2. The van der Waals surface area contributed by atoms with Gasteiger partial charge >= 0.3 is 0 Å². The second kappa shape index (κ2) is 48.0. The van der Waals surface area contributed by atoms with Gasteiger partial charge in [-0.15, -0.1) is 0 Å². The maximum Gasteiger partial charge on any atom is 0.268 e. The highest BCUT2D eigenvalue weighted by molar-refractivity contribution is 7.45. The van der Waals surface area contributed by atoms with Crippen molar-refractivity contribution in [2.45, 2.75) is 289 Å². The zero-order chi connectivity index (χ0) is 47.8. The van der Waals surface area contributed by atoms with Crippen molar-refractivity contribution in [3.05, 3.63) is 24.3 Å². The van der Waals surface area contributed by atoms with E-state index in [0.29, 0.717) is 23.9 Å². The number of aliphatic hydroxyl groups is 1. The van der Waals surface area contributed by atoms with Gasteiger partial charge in [0, 0.05) is 6.42 Å². The van der Waals surface area contributed by atoms with Gasteiger partial charge in [-0.1, -0.05) is 250 Å². The number of likely N-dealkylation sites (N-methyl/N-ethyl adjacent to an activating group) is 1. The average molecular weight is 939 g/mol. The van der Waals surface area contributed by atoms with Crippen molar-refractivity contribution in [3.63, 3.8) is 0 Å². The van der Waals surface area contributed by atoms with Gasteiger partial charge in [0.25, 0.3) is 7.82 Å². The summed E-state index contributed by atoms with van der Waals surface area (Å²) in [6.07, 6.45) is 59.2. The number of quaternary nitrogens is 1. The molecule has 0 heterocycles. The molecule has 1 amide bonds. The van der Waals surface area contributed by atoms with Gasteiger partial charge in [0.2, 0.25) is 5.91 Å². The number of hydrogen-bond acceptors (Lipinski definition) is 6. The molecular formula is C56H111N2O6P. The zero-order valence-electron chi connectivity index (χ0n) is 44.0. The lowest BCUT2D eigenvalue weighted by atomic mass is 10.0. The van der Waals surface area contributed by atoms with E-state index in [2.05, 4.69) is 43.5 Å². The number of hydrogen-bond donors (Lipinski definition) is 2. The number of carbonyl (C=O) groups excluding carboxylic acids is 1. The van der Waals surface area contributed by atoms with Crippen LogP contribution in [0.5, 0.6) is 0 Å². The van der Waals surface area contributed by atoms with Gasteiger partial charge in [-0.3, -0.25) is 9.36 Å². The minimum Gasteiger partial charge on any atom is -0.756 e. The predicted molar refractivity (Wildman–Crippen MR) is 279 cm³/mol. The summed E-state index contributed by atoms with van der Waals surface area (Å²) >= 11 is 0. The van der Waals surface area contributed by atoms with E-state index in [1.165, 1.54) is 199 Å². The molecule has 9 heteroatoms. The number of allylic oxidation sites excluding steroid dienone is 4. The number of phosphoric ester groups is 1. The first-order valence-corrected chi connectivity index (χ1v) is 29.6. The van der Waals surface area contributed by atoms with Crippen LogP contribution >= 0.6 is 7.82 Å². The van der Waals surface area contributed by atoms with Crippen LogP contribution in [0.4, 0.5) is 0 Å². The summed E-state index contributed by atoms with van der Waals surface area (Å²) in [7, 11) is 1.31. The Labute approximate surface area is 404 Å². The largest absolute Gasteiger partial charge is 0.756 e. The first kappa shape index (κ1) is 64.0. The Morgan fingerprint density at radius 3 is 1.29 bits per heavy atom. The molecule has 0 aliphatic carbocycles. The molecular weight excluding hydrogens is 828 g/mol. The Hall–Kier alpha value is -1.02. The van der Waals surface area contributed by atoms with Gasteiger partial charge in [0.15, 0.2) is 0 Å². The van der Waals surface area contributed by atoms with Crippen LogP contribution in [0.1, 0.15) is 277 Å². The Morgan fingerprint density at radius 2 is 0.892 bits per heavy atom. The minimum atomic E-state index is -4.57. The molecule has 0 aliphatic rings. The Balaban J connectivity index is 4.16. The lowest BCUT2D eigenvalue weighted by Gasteiger charge is -2.30. The zero-order valence-corrected chi connectivity index (χ0v) is 44.9. The summed E-state index contributed by atoms with van der Waals surface area (Å²) in [5.41, 5.74) is 0. The SMILES string of the molecule is CCCCCC/C=C\C/C=C\CCCCCCCCCC(=O)NC(COP(=O)([O-])OCC[N+](C)(C)C)C(O)CCCCCCCCCCCCCCCCCCCCCCCCCCC. The van der Waals surface area contributed by atoms with Crippen molar-refractivity contribution >= 4 is 13.7 Å². The second-order valence-corrected chi connectivity index (χ2v) is 22.1. The molecule has 0 aromatic carbocycles. The highest BCUT2D eigenvalue weighted by Crippen LogP contribution is 2.38. The van der Waals surface area contributed by atoms with Gasteiger partial charge in [-0.2, -0.15) is 0 Å². The van der Waals surface area contributed by atoms with Crippen LogP contribution in [0.3, 0.4) is 0 Å². The maximum atomic E-state index is 13.0. The third kappa shape index (κ3) is 50.7. The molecule has 0 aromatic heterocycles. The van der Waals surface area contributed by atoms with Gasteiger partial charge in [0.05, 0.1) is 39.9 Å². The first-order valence-electron chi connectivity index (χ1n) is 28.2. The summed E-state index contributed by atoms with van der Waals surface area (Å²) in [5.74, 6) is -0.169. The van der Waals surface area contributed by atoms with Crippen molar-refractivity contribution in [2.24, 2.45) is 0 Å². The smallest absolute Gasteiger partial charge is 0.268 e. The van der Waals surface area contributed by atoms with Crippen molar-refractivity contribution < 1.29 is 32.9 Å². The molecule has 0 aromatic rings. The first-order chi connectivity index (χ1) is 31.5. The molecule has 65 heavy (non-hydrogen) atoms. The molecule has 0 aliphatic heterocycles. The number of nitrogens with zero attached hydrogens (tertiary/aromatic N) is 1. The van der Waals surface area contributed by atoms with Crippen LogP contribution in [0.25, 0.3) is 0 Å². The molecule has 2 N–H and O–H groups in total. The van der Waals surface area contributed by atoms with Crippen LogP contribution in [0.2, 0.25) is 0 Å². The van der Waals surface area contributed by atoms with E-state index >= 15 is 0 Å². The second-order valence-electron chi connectivity index (χ2n) is 20.6. The van der Waals surface area contributed by atoms with Crippen LogP contribution in [0, 0.1) is 0 Å². The van der Waals surface area contributed by atoms with Gasteiger partial charge in [-0.25, -0.2) is 0 Å². The van der Waals surface area contributed by atoms with Crippen LogP contribution in [-0.2, 0) is 18.4 Å². The maximum absolute atomic E-state index is 13.0. The van der Waals surface area contributed by atoms with E-state index in [1.807, 2.05) is 21.1 Å². The summed E-state index contributed by atoms with van der Waals surface area (Å²) in [6.45, 7) is 4.73. The van der Waals surface area contributed by atoms with E-state index in [-0.39, 0.29) is 19.1 Å². The number of unbranched alkanes of at least 4 members (excludes halogenated alkanes) is 35. The quantitative estimate of drug-likeness (QED) is 0.0272. The molecule has 0 rings (SSSR count). The van der Waals surface area contributed by atoms with E-state index in [0.717, 1.165) is 51.4 Å². The molecule has 0 saturated carbocycles. The molecule has 3 unspecified atom stereocenters. The van der Waals surface area contributed by atoms with Crippen LogP contribution in [-0.4, -0.2) is 68.5 Å². The molecule has 0 saturated heterocycles. The fourth-order valence-corrected chi connectivity index (χ4v) is 9.21. The van der Waals surface area contributed by atoms with E-state index in [9.17, 15) is 19.4 Å². The summed E-state index contributed by atoms with van der Waals surface area (Å²) in [5, 5.41) is 14.0. The number of amides is 1. The molecule has 0 bridgehead atoms. The molecule has 0 fully saturated rings. The molecule has 3 atom stereocenters. The van der Waals surface area contributed by atoms with E-state index < -0.39 is 20.0 Å².